The quantitative estimate of drug-likeness (QED) is 0.825. The zero-order valence-electron chi connectivity index (χ0n) is 15.1. The Morgan fingerprint density at radius 3 is 2.29 bits per heavy atom. The van der Waals surface area contributed by atoms with Crippen molar-refractivity contribution in [3.63, 3.8) is 0 Å². The summed E-state index contributed by atoms with van der Waals surface area (Å²) in [6, 6.07) is 13.3. The minimum Gasteiger partial charge on any atom is -0.494 e. The third-order valence-electron chi connectivity index (χ3n) is 4.30. The van der Waals surface area contributed by atoms with Gasteiger partial charge in [-0.15, -0.1) is 0 Å². The number of rotatable bonds is 6. The van der Waals surface area contributed by atoms with Gasteiger partial charge in [-0.3, -0.25) is 0 Å². The molecule has 2 aromatic rings. The predicted octanol–water partition coefficient (Wildman–Crippen LogP) is 4.81. The van der Waals surface area contributed by atoms with Crippen molar-refractivity contribution in [1.82, 2.24) is 0 Å². The van der Waals surface area contributed by atoms with E-state index >= 15 is 0 Å². The summed E-state index contributed by atoms with van der Waals surface area (Å²) in [6.07, 6.45) is 0.768. The lowest BCUT2D eigenvalue weighted by atomic mass is 9.85. The third-order valence-corrected chi connectivity index (χ3v) is 4.30. The molecule has 0 aliphatic rings. The van der Waals surface area contributed by atoms with Crippen LogP contribution >= 0.6 is 0 Å². The summed E-state index contributed by atoms with van der Waals surface area (Å²) in [5.74, 6) is 0.499. The molecule has 0 saturated heterocycles. The summed E-state index contributed by atoms with van der Waals surface area (Å²) in [4.78, 5) is 0. The van der Waals surface area contributed by atoms with Gasteiger partial charge in [0.05, 0.1) is 6.61 Å². The highest BCUT2D eigenvalue weighted by atomic mass is 19.1. The van der Waals surface area contributed by atoms with Crippen LogP contribution in [0.3, 0.4) is 0 Å². The van der Waals surface area contributed by atoms with Gasteiger partial charge in [-0.05, 0) is 54.6 Å². The zero-order chi connectivity index (χ0) is 17.7. The van der Waals surface area contributed by atoms with Gasteiger partial charge in [0, 0.05) is 11.5 Å². The molecule has 0 radical (unpaired) electrons. The number of ether oxygens (including phenoxy) is 1. The van der Waals surface area contributed by atoms with E-state index in [-0.39, 0.29) is 17.2 Å². The molecule has 2 nitrogen and oxygen atoms in total. The molecule has 1 atom stereocenters. The highest BCUT2D eigenvalue weighted by Crippen LogP contribution is 2.30. The molecule has 0 fully saturated rings. The van der Waals surface area contributed by atoms with Crippen LogP contribution in [0, 0.1) is 5.82 Å². The Labute approximate surface area is 144 Å². The fourth-order valence-electron chi connectivity index (χ4n) is 2.87. The first kappa shape index (κ1) is 18.5. The van der Waals surface area contributed by atoms with E-state index in [1.54, 1.807) is 12.1 Å². The lowest BCUT2D eigenvalue weighted by Crippen LogP contribution is -2.17. The highest BCUT2D eigenvalue weighted by Gasteiger charge is 2.18. The molecule has 0 heterocycles. The van der Waals surface area contributed by atoms with E-state index < -0.39 is 0 Å². The normalized spacial score (nSPS) is 12.9. The van der Waals surface area contributed by atoms with Crippen LogP contribution in [0.5, 0.6) is 5.75 Å². The van der Waals surface area contributed by atoms with Crippen LogP contribution in [0.1, 0.15) is 50.3 Å². The van der Waals surface area contributed by atoms with Crippen molar-refractivity contribution in [2.45, 2.75) is 45.4 Å². The molecule has 0 aliphatic heterocycles. The first-order valence-electron chi connectivity index (χ1n) is 8.57. The van der Waals surface area contributed by atoms with E-state index in [1.807, 2.05) is 6.92 Å². The van der Waals surface area contributed by atoms with Crippen molar-refractivity contribution >= 4 is 0 Å². The summed E-state index contributed by atoms with van der Waals surface area (Å²) in [5, 5.41) is 0. The molecule has 0 bridgehead atoms. The van der Waals surface area contributed by atoms with Gasteiger partial charge in [0.2, 0.25) is 0 Å². The molecule has 0 aliphatic carbocycles. The molecule has 2 rings (SSSR count). The van der Waals surface area contributed by atoms with Crippen LogP contribution in [-0.2, 0) is 11.8 Å². The van der Waals surface area contributed by atoms with Crippen molar-refractivity contribution < 1.29 is 9.13 Å². The summed E-state index contributed by atoms with van der Waals surface area (Å²) < 4.78 is 19.4. The molecule has 0 spiro atoms. The van der Waals surface area contributed by atoms with Crippen LogP contribution in [0.25, 0.3) is 0 Å². The van der Waals surface area contributed by atoms with Crippen molar-refractivity contribution in [2.75, 3.05) is 13.2 Å². The van der Waals surface area contributed by atoms with Crippen molar-refractivity contribution in [3.05, 3.63) is 65.0 Å². The van der Waals surface area contributed by atoms with Gasteiger partial charge in [-0.2, -0.15) is 0 Å². The highest BCUT2D eigenvalue weighted by molar-refractivity contribution is 5.39. The Hall–Kier alpha value is -1.87. The van der Waals surface area contributed by atoms with E-state index in [0.29, 0.717) is 13.2 Å². The topological polar surface area (TPSA) is 35.2 Å². The average molecular weight is 329 g/mol. The number of halogens is 1. The second-order valence-corrected chi connectivity index (χ2v) is 7.20. The maximum atomic E-state index is 13.7. The molecular weight excluding hydrogens is 301 g/mol. The molecule has 2 aromatic carbocycles. The van der Waals surface area contributed by atoms with E-state index in [4.69, 9.17) is 10.5 Å². The van der Waals surface area contributed by atoms with E-state index in [9.17, 15) is 4.39 Å². The molecule has 0 aromatic heterocycles. The first-order chi connectivity index (χ1) is 11.3. The van der Waals surface area contributed by atoms with Crippen molar-refractivity contribution in [1.29, 1.82) is 0 Å². The second-order valence-electron chi connectivity index (χ2n) is 7.20. The smallest absolute Gasteiger partial charge is 0.123 e. The van der Waals surface area contributed by atoms with E-state index in [1.165, 1.54) is 17.2 Å². The maximum absolute atomic E-state index is 13.7. The number of hydrogen-bond donors (Lipinski definition) is 1. The summed E-state index contributed by atoms with van der Waals surface area (Å²) >= 11 is 0. The molecule has 130 valence electrons. The third kappa shape index (κ3) is 4.57. The fourth-order valence-corrected chi connectivity index (χ4v) is 2.87. The van der Waals surface area contributed by atoms with Gasteiger partial charge in [0.1, 0.15) is 11.6 Å². The van der Waals surface area contributed by atoms with Gasteiger partial charge in [0.25, 0.3) is 0 Å². The maximum Gasteiger partial charge on any atom is 0.123 e. The second kappa shape index (κ2) is 7.80. The van der Waals surface area contributed by atoms with Gasteiger partial charge < -0.3 is 10.5 Å². The van der Waals surface area contributed by atoms with Crippen LogP contribution in [0.2, 0.25) is 0 Å². The Morgan fingerprint density at radius 1 is 1.08 bits per heavy atom. The van der Waals surface area contributed by atoms with E-state index in [0.717, 1.165) is 17.7 Å². The van der Waals surface area contributed by atoms with Crippen LogP contribution in [0.4, 0.5) is 4.39 Å². The molecule has 0 saturated carbocycles. The van der Waals surface area contributed by atoms with Gasteiger partial charge in [-0.25, -0.2) is 4.39 Å². The Kier molecular flexibility index (Phi) is 6.00. The average Bonchev–Trinajstić information content (AvgIpc) is 2.54. The van der Waals surface area contributed by atoms with Crippen molar-refractivity contribution in [2.24, 2.45) is 5.73 Å². The summed E-state index contributed by atoms with van der Waals surface area (Å²) in [5.41, 5.74) is 9.47. The molecule has 24 heavy (non-hydrogen) atoms. The minimum atomic E-state index is -0.255. The van der Waals surface area contributed by atoms with E-state index in [2.05, 4.69) is 45.0 Å². The molecule has 2 N–H and O–H groups in total. The Morgan fingerprint density at radius 2 is 1.75 bits per heavy atom. The largest absolute Gasteiger partial charge is 0.494 e. The summed E-state index contributed by atoms with van der Waals surface area (Å²) in [6.45, 7) is 9.53. The molecular formula is C21H28FNO. The first-order valence-corrected chi connectivity index (χ1v) is 8.57. The molecule has 1 unspecified atom stereocenters. The SMILES string of the molecule is CCOc1ccc(F)cc1C(CN)Cc1ccc(C(C)(C)C)cc1. The van der Waals surface area contributed by atoms with Gasteiger partial charge in [0.15, 0.2) is 0 Å². The molecule has 3 heteroatoms. The van der Waals surface area contributed by atoms with Crippen LogP contribution in [-0.4, -0.2) is 13.2 Å². The molecule has 0 amide bonds. The van der Waals surface area contributed by atoms with Gasteiger partial charge in [-0.1, -0.05) is 45.0 Å². The van der Waals surface area contributed by atoms with Crippen LogP contribution in [0.15, 0.2) is 42.5 Å². The van der Waals surface area contributed by atoms with Crippen LogP contribution < -0.4 is 10.5 Å². The minimum absolute atomic E-state index is 0.0303. The standard InChI is InChI=1S/C21H28FNO/c1-5-24-20-11-10-18(22)13-19(20)16(14-23)12-15-6-8-17(9-7-15)21(2,3)4/h6-11,13,16H,5,12,14,23H2,1-4H3. The Balaban J connectivity index is 2.25. The number of hydrogen-bond acceptors (Lipinski definition) is 2. The Bertz CT molecular complexity index is 659. The number of benzene rings is 2. The lowest BCUT2D eigenvalue weighted by Gasteiger charge is -2.21. The monoisotopic (exact) mass is 329 g/mol. The zero-order valence-corrected chi connectivity index (χ0v) is 15.1. The number of nitrogens with two attached hydrogens (primary N) is 1. The summed E-state index contributed by atoms with van der Waals surface area (Å²) in [7, 11) is 0. The fraction of sp³-hybridized carbons (Fsp3) is 0.429. The predicted molar refractivity (Wildman–Crippen MR) is 98.2 cm³/mol. The van der Waals surface area contributed by atoms with Gasteiger partial charge >= 0.3 is 0 Å². The lowest BCUT2D eigenvalue weighted by molar-refractivity contribution is 0.333. The van der Waals surface area contributed by atoms with Crippen molar-refractivity contribution in [3.8, 4) is 5.75 Å².